The highest BCUT2D eigenvalue weighted by Crippen LogP contribution is 2.33. The molecule has 84 valence electrons. The lowest BCUT2D eigenvalue weighted by Gasteiger charge is -2.12. The van der Waals surface area contributed by atoms with E-state index in [4.69, 9.17) is 5.11 Å². The molecular weight excluding hydrogens is 230 g/mol. The molecular formula is C10H9NO4S. The smallest absolute Gasteiger partial charge is 0.338 e. The van der Waals surface area contributed by atoms with Crippen LogP contribution in [0, 0.1) is 5.92 Å². The Balaban J connectivity index is 2.45. The van der Waals surface area contributed by atoms with Crippen molar-refractivity contribution in [1.82, 2.24) is 0 Å². The van der Waals surface area contributed by atoms with Gasteiger partial charge in [0.1, 0.15) is 5.00 Å². The number of carboxylic acids is 1. The van der Waals surface area contributed by atoms with E-state index < -0.39 is 5.97 Å². The van der Waals surface area contributed by atoms with Gasteiger partial charge in [0, 0.05) is 12.3 Å². The molecule has 0 radical (unpaired) electrons. The molecule has 1 unspecified atom stereocenters. The van der Waals surface area contributed by atoms with Gasteiger partial charge in [0.2, 0.25) is 11.8 Å². The molecule has 0 bridgehead atoms. The van der Waals surface area contributed by atoms with E-state index in [2.05, 4.69) is 0 Å². The third kappa shape index (κ3) is 1.51. The SMILES string of the molecule is CC1CC(=O)N(c2sccc2C(=O)O)C1=O. The van der Waals surface area contributed by atoms with E-state index >= 15 is 0 Å². The van der Waals surface area contributed by atoms with E-state index in [1.54, 1.807) is 12.3 Å². The second-order valence-electron chi connectivity index (χ2n) is 3.62. The molecule has 1 saturated heterocycles. The molecule has 1 aromatic rings. The van der Waals surface area contributed by atoms with Crippen LogP contribution >= 0.6 is 11.3 Å². The van der Waals surface area contributed by atoms with Crippen LogP contribution in [-0.2, 0) is 9.59 Å². The quantitative estimate of drug-likeness (QED) is 0.790. The molecule has 0 saturated carbocycles. The fourth-order valence-electron chi connectivity index (χ4n) is 1.63. The van der Waals surface area contributed by atoms with Crippen molar-refractivity contribution in [3.63, 3.8) is 0 Å². The van der Waals surface area contributed by atoms with Crippen molar-refractivity contribution in [2.75, 3.05) is 4.90 Å². The predicted molar refractivity (Wildman–Crippen MR) is 57.6 cm³/mol. The van der Waals surface area contributed by atoms with Crippen molar-refractivity contribution in [1.29, 1.82) is 0 Å². The van der Waals surface area contributed by atoms with Crippen molar-refractivity contribution in [2.24, 2.45) is 5.92 Å². The molecule has 1 atom stereocenters. The van der Waals surface area contributed by atoms with Gasteiger partial charge in [0.15, 0.2) is 0 Å². The van der Waals surface area contributed by atoms with Crippen LogP contribution in [0.3, 0.4) is 0 Å². The first-order valence-electron chi connectivity index (χ1n) is 4.70. The Morgan fingerprint density at radius 1 is 1.56 bits per heavy atom. The van der Waals surface area contributed by atoms with Gasteiger partial charge in [-0.2, -0.15) is 0 Å². The average molecular weight is 239 g/mol. The summed E-state index contributed by atoms with van der Waals surface area (Å²) in [5.74, 6) is -2.15. The lowest BCUT2D eigenvalue weighted by molar-refractivity contribution is -0.122. The lowest BCUT2D eigenvalue weighted by Crippen LogP contribution is -2.30. The highest BCUT2D eigenvalue weighted by molar-refractivity contribution is 7.15. The number of amides is 2. The monoisotopic (exact) mass is 239 g/mol. The number of carbonyl (C=O) groups excluding carboxylic acids is 2. The highest BCUT2D eigenvalue weighted by atomic mass is 32.1. The van der Waals surface area contributed by atoms with E-state index in [-0.39, 0.29) is 34.7 Å². The predicted octanol–water partition coefficient (Wildman–Crippen LogP) is 1.35. The largest absolute Gasteiger partial charge is 0.478 e. The first-order chi connectivity index (χ1) is 7.52. The summed E-state index contributed by atoms with van der Waals surface area (Å²) in [6, 6.07) is 1.39. The Labute approximate surface area is 95.3 Å². The molecule has 1 aromatic heterocycles. The summed E-state index contributed by atoms with van der Waals surface area (Å²) in [4.78, 5) is 35.2. The maximum atomic E-state index is 11.7. The number of carbonyl (C=O) groups is 3. The van der Waals surface area contributed by atoms with Crippen LogP contribution in [0.15, 0.2) is 11.4 Å². The zero-order valence-corrected chi connectivity index (χ0v) is 9.28. The topological polar surface area (TPSA) is 74.7 Å². The Morgan fingerprint density at radius 2 is 2.25 bits per heavy atom. The van der Waals surface area contributed by atoms with Crippen molar-refractivity contribution >= 4 is 34.1 Å². The summed E-state index contributed by atoms with van der Waals surface area (Å²) in [6.45, 7) is 1.66. The molecule has 2 rings (SSSR count). The second-order valence-corrected chi connectivity index (χ2v) is 4.51. The van der Waals surface area contributed by atoms with Crippen LogP contribution in [-0.4, -0.2) is 22.9 Å². The van der Waals surface area contributed by atoms with E-state index in [1.807, 2.05) is 0 Å². The van der Waals surface area contributed by atoms with Crippen molar-refractivity contribution in [3.8, 4) is 0 Å². The van der Waals surface area contributed by atoms with E-state index in [1.165, 1.54) is 6.07 Å². The Morgan fingerprint density at radius 3 is 2.75 bits per heavy atom. The number of imide groups is 1. The molecule has 1 aliphatic rings. The van der Waals surface area contributed by atoms with Crippen molar-refractivity contribution in [2.45, 2.75) is 13.3 Å². The van der Waals surface area contributed by atoms with E-state index in [0.717, 1.165) is 16.2 Å². The molecule has 0 spiro atoms. The fourth-order valence-corrected chi connectivity index (χ4v) is 2.55. The minimum Gasteiger partial charge on any atom is -0.478 e. The highest BCUT2D eigenvalue weighted by Gasteiger charge is 2.39. The molecule has 1 aliphatic heterocycles. The molecule has 5 nitrogen and oxygen atoms in total. The molecule has 6 heteroatoms. The van der Waals surface area contributed by atoms with Crippen LogP contribution in [0.5, 0.6) is 0 Å². The van der Waals surface area contributed by atoms with Gasteiger partial charge >= 0.3 is 5.97 Å². The normalized spacial score (nSPS) is 20.6. The lowest BCUT2D eigenvalue weighted by atomic mass is 10.1. The average Bonchev–Trinajstić information content (AvgIpc) is 2.73. The van der Waals surface area contributed by atoms with Gasteiger partial charge in [-0.15, -0.1) is 11.3 Å². The molecule has 1 fully saturated rings. The number of anilines is 1. The Kier molecular flexibility index (Phi) is 2.51. The number of hydrogen-bond acceptors (Lipinski definition) is 4. The summed E-state index contributed by atoms with van der Waals surface area (Å²) >= 11 is 1.09. The van der Waals surface area contributed by atoms with Crippen molar-refractivity contribution < 1.29 is 19.5 Å². The summed E-state index contributed by atoms with van der Waals surface area (Å²) in [6.07, 6.45) is 0.149. The van der Waals surface area contributed by atoms with Crippen LogP contribution < -0.4 is 4.90 Å². The van der Waals surface area contributed by atoms with Crippen molar-refractivity contribution in [3.05, 3.63) is 17.0 Å². The van der Waals surface area contributed by atoms with Gasteiger partial charge in [0.05, 0.1) is 5.56 Å². The van der Waals surface area contributed by atoms with Gasteiger partial charge in [-0.05, 0) is 11.4 Å². The minimum absolute atomic E-state index is 0.000741. The van der Waals surface area contributed by atoms with E-state index in [0.29, 0.717) is 0 Å². The van der Waals surface area contributed by atoms with Gasteiger partial charge in [0.25, 0.3) is 0 Å². The van der Waals surface area contributed by atoms with Crippen LogP contribution in [0.1, 0.15) is 23.7 Å². The molecule has 1 N–H and O–H groups in total. The molecule has 0 aliphatic carbocycles. The third-order valence-electron chi connectivity index (χ3n) is 2.45. The Hall–Kier alpha value is -1.69. The zero-order chi connectivity index (χ0) is 11.9. The van der Waals surface area contributed by atoms with Gasteiger partial charge in [-0.3, -0.25) is 9.59 Å². The summed E-state index contributed by atoms with van der Waals surface area (Å²) in [5, 5.41) is 10.7. The summed E-state index contributed by atoms with van der Waals surface area (Å²) in [7, 11) is 0. The zero-order valence-electron chi connectivity index (χ0n) is 8.47. The number of nitrogens with zero attached hydrogens (tertiary/aromatic N) is 1. The first kappa shape index (κ1) is 10.8. The summed E-state index contributed by atoms with van der Waals surface area (Å²) < 4.78 is 0. The number of rotatable bonds is 2. The van der Waals surface area contributed by atoms with Crippen LogP contribution in [0.25, 0.3) is 0 Å². The van der Waals surface area contributed by atoms with Gasteiger partial charge in [-0.1, -0.05) is 6.92 Å². The summed E-state index contributed by atoms with van der Waals surface area (Å²) in [5.41, 5.74) is 0.000741. The fraction of sp³-hybridized carbons (Fsp3) is 0.300. The minimum atomic E-state index is -1.13. The van der Waals surface area contributed by atoms with Gasteiger partial charge < -0.3 is 5.11 Å². The number of carboxylic acid groups (broad SMARTS) is 1. The molecule has 16 heavy (non-hydrogen) atoms. The Bertz CT molecular complexity index is 479. The maximum Gasteiger partial charge on any atom is 0.338 e. The van der Waals surface area contributed by atoms with Gasteiger partial charge in [-0.25, -0.2) is 9.69 Å². The van der Waals surface area contributed by atoms with Crippen LogP contribution in [0.4, 0.5) is 5.00 Å². The maximum absolute atomic E-state index is 11.7. The number of hydrogen-bond donors (Lipinski definition) is 1. The molecule has 0 aromatic carbocycles. The first-order valence-corrected chi connectivity index (χ1v) is 5.58. The molecule has 2 amide bonds. The second kappa shape index (κ2) is 3.71. The van der Waals surface area contributed by atoms with E-state index in [9.17, 15) is 14.4 Å². The number of thiophene rings is 1. The molecule has 2 heterocycles. The third-order valence-corrected chi connectivity index (χ3v) is 3.35. The standard InChI is InChI=1S/C10H9NO4S/c1-5-4-7(12)11(8(5)13)9-6(10(14)15)2-3-16-9/h2-3,5H,4H2,1H3,(H,14,15). The van der Waals surface area contributed by atoms with Crippen LogP contribution in [0.2, 0.25) is 0 Å². The number of aromatic carboxylic acids is 1.